The van der Waals surface area contributed by atoms with E-state index in [0.717, 1.165) is 32.2 Å². The van der Waals surface area contributed by atoms with Gasteiger partial charge >= 0.3 is 12.0 Å². The molecule has 1 heterocycles. The predicted octanol–water partition coefficient (Wildman–Crippen LogP) is 2.79. The number of carbonyl (C=O) groups is 2. The molecule has 0 aromatic heterocycles. The average molecular weight is 316 g/mol. The van der Waals surface area contributed by atoms with Gasteiger partial charge in [0.2, 0.25) is 0 Å². The number of nitrogens with zero attached hydrogens (tertiary/aromatic N) is 1. The molecule has 1 aliphatic heterocycles. The van der Waals surface area contributed by atoms with E-state index in [1.54, 1.807) is 0 Å². The van der Waals surface area contributed by atoms with Crippen molar-refractivity contribution in [2.24, 2.45) is 5.92 Å². The first-order valence-electron chi connectivity index (χ1n) is 8.48. The molecule has 2 N–H and O–H groups in total. The van der Waals surface area contributed by atoms with Crippen molar-refractivity contribution in [2.75, 3.05) is 6.54 Å². The van der Waals surface area contributed by atoms with Crippen LogP contribution < -0.4 is 5.32 Å². The van der Waals surface area contributed by atoms with Gasteiger partial charge in [-0.2, -0.15) is 0 Å². The molecule has 0 atom stereocenters. The summed E-state index contributed by atoms with van der Waals surface area (Å²) in [7, 11) is 0. The van der Waals surface area contributed by atoms with E-state index < -0.39 is 5.97 Å². The highest BCUT2D eigenvalue weighted by atomic mass is 16.4. The molecule has 3 rings (SSSR count). The number of nitrogens with one attached hydrogen (secondary N) is 1. The quantitative estimate of drug-likeness (QED) is 0.881. The minimum absolute atomic E-state index is 0.0134. The van der Waals surface area contributed by atoms with Crippen LogP contribution in [0.1, 0.15) is 43.2 Å². The summed E-state index contributed by atoms with van der Waals surface area (Å²) >= 11 is 0. The molecule has 1 fully saturated rings. The number of carboxylic acids is 1. The minimum atomic E-state index is -0.709. The fourth-order valence-electron chi connectivity index (χ4n) is 3.62. The molecule has 23 heavy (non-hydrogen) atoms. The summed E-state index contributed by atoms with van der Waals surface area (Å²) in [5.74, 6) is -0.952. The van der Waals surface area contributed by atoms with Crippen molar-refractivity contribution in [3.05, 3.63) is 35.4 Å². The molecule has 1 aromatic carbocycles. The van der Waals surface area contributed by atoms with Gasteiger partial charge in [-0.25, -0.2) is 4.79 Å². The van der Waals surface area contributed by atoms with Gasteiger partial charge in [0.15, 0.2) is 0 Å². The monoisotopic (exact) mass is 316 g/mol. The summed E-state index contributed by atoms with van der Waals surface area (Å²) < 4.78 is 0. The minimum Gasteiger partial charge on any atom is -0.481 e. The van der Waals surface area contributed by atoms with E-state index in [4.69, 9.17) is 5.11 Å². The number of benzene rings is 1. The van der Waals surface area contributed by atoms with E-state index in [0.29, 0.717) is 19.4 Å². The van der Waals surface area contributed by atoms with Gasteiger partial charge in [0.1, 0.15) is 0 Å². The molecule has 0 radical (unpaired) electrons. The summed E-state index contributed by atoms with van der Waals surface area (Å²) in [6, 6.07) is 8.41. The number of hydrogen-bond acceptors (Lipinski definition) is 2. The number of amides is 2. The number of fused-ring (bicyclic) bond motifs is 1. The van der Waals surface area contributed by atoms with E-state index in [2.05, 4.69) is 23.5 Å². The maximum absolute atomic E-state index is 12.5. The third kappa shape index (κ3) is 3.84. The highest BCUT2D eigenvalue weighted by molar-refractivity contribution is 5.75. The Hall–Kier alpha value is -2.04. The second-order valence-electron chi connectivity index (χ2n) is 6.63. The van der Waals surface area contributed by atoms with Crippen molar-refractivity contribution in [3.63, 3.8) is 0 Å². The molecule has 1 aliphatic carbocycles. The van der Waals surface area contributed by atoms with Crippen molar-refractivity contribution in [1.29, 1.82) is 0 Å². The molecule has 2 amide bonds. The Bertz CT molecular complexity index is 579. The second-order valence-corrected chi connectivity index (χ2v) is 6.63. The van der Waals surface area contributed by atoms with Gasteiger partial charge in [0.25, 0.3) is 0 Å². The van der Waals surface area contributed by atoms with E-state index >= 15 is 0 Å². The van der Waals surface area contributed by atoms with Crippen molar-refractivity contribution in [3.8, 4) is 0 Å². The number of aliphatic carboxylic acids is 1. The zero-order valence-corrected chi connectivity index (χ0v) is 13.3. The molecule has 0 unspecified atom stereocenters. The largest absolute Gasteiger partial charge is 0.481 e. The first-order chi connectivity index (χ1) is 11.1. The van der Waals surface area contributed by atoms with Crippen LogP contribution in [0, 0.1) is 5.92 Å². The van der Waals surface area contributed by atoms with Crippen LogP contribution in [0.5, 0.6) is 0 Å². The summed E-state index contributed by atoms with van der Waals surface area (Å²) in [6.45, 7) is 1.43. The number of carbonyl (C=O) groups excluding carboxylic acids is 1. The van der Waals surface area contributed by atoms with Crippen LogP contribution in [0.15, 0.2) is 24.3 Å². The molecule has 1 saturated carbocycles. The average Bonchev–Trinajstić information content (AvgIpc) is 2.77. The SMILES string of the molecule is O=C(O)C1CCC(NC(=O)N2CCCc3ccccc3C2)CC1. The number of urea groups is 1. The fraction of sp³-hybridized carbons (Fsp3) is 0.556. The fourth-order valence-corrected chi connectivity index (χ4v) is 3.62. The first-order valence-corrected chi connectivity index (χ1v) is 8.48. The Labute approximate surface area is 136 Å². The van der Waals surface area contributed by atoms with Crippen LogP contribution >= 0.6 is 0 Å². The van der Waals surface area contributed by atoms with Crippen LogP contribution in [-0.4, -0.2) is 34.6 Å². The van der Waals surface area contributed by atoms with Crippen molar-refractivity contribution in [1.82, 2.24) is 10.2 Å². The van der Waals surface area contributed by atoms with Gasteiger partial charge in [-0.05, 0) is 49.7 Å². The lowest BCUT2D eigenvalue weighted by Crippen LogP contribution is -2.46. The smallest absolute Gasteiger partial charge is 0.317 e. The molecule has 2 aliphatic rings. The van der Waals surface area contributed by atoms with Gasteiger partial charge < -0.3 is 15.3 Å². The number of carboxylic acid groups (broad SMARTS) is 1. The Morgan fingerprint density at radius 1 is 1.09 bits per heavy atom. The third-order valence-electron chi connectivity index (χ3n) is 5.04. The topological polar surface area (TPSA) is 69.6 Å². The molecule has 0 spiro atoms. The molecular weight excluding hydrogens is 292 g/mol. The van der Waals surface area contributed by atoms with Crippen LogP contribution in [0.4, 0.5) is 4.79 Å². The molecule has 5 nitrogen and oxygen atoms in total. The highest BCUT2D eigenvalue weighted by Crippen LogP contribution is 2.25. The van der Waals surface area contributed by atoms with Gasteiger partial charge in [-0.15, -0.1) is 0 Å². The van der Waals surface area contributed by atoms with Crippen molar-refractivity contribution in [2.45, 2.75) is 51.1 Å². The Morgan fingerprint density at radius 2 is 1.78 bits per heavy atom. The van der Waals surface area contributed by atoms with E-state index in [1.807, 2.05) is 11.0 Å². The third-order valence-corrected chi connectivity index (χ3v) is 5.04. The van der Waals surface area contributed by atoms with Crippen LogP contribution in [-0.2, 0) is 17.8 Å². The molecule has 1 aromatic rings. The summed E-state index contributed by atoms with van der Waals surface area (Å²) in [4.78, 5) is 25.4. The molecule has 0 saturated heterocycles. The van der Waals surface area contributed by atoms with Crippen LogP contribution in [0.25, 0.3) is 0 Å². The maximum Gasteiger partial charge on any atom is 0.317 e. The number of hydrogen-bond donors (Lipinski definition) is 2. The first kappa shape index (κ1) is 15.8. The standard InChI is InChI=1S/C18H24N2O3/c21-17(22)14-7-9-16(10-8-14)19-18(23)20-11-3-6-13-4-1-2-5-15(13)12-20/h1-2,4-5,14,16H,3,6-12H2,(H,19,23)(H,21,22). The van der Waals surface area contributed by atoms with Gasteiger partial charge in [-0.1, -0.05) is 24.3 Å². The Balaban J connectivity index is 1.56. The van der Waals surface area contributed by atoms with Gasteiger partial charge in [-0.3, -0.25) is 4.79 Å². The highest BCUT2D eigenvalue weighted by Gasteiger charge is 2.28. The van der Waals surface area contributed by atoms with Gasteiger partial charge in [0.05, 0.1) is 5.92 Å². The molecular formula is C18H24N2O3. The molecule has 124 valence electrons. The summed E-state index contributed by atoms with van der Waals surface area (Å²) in [5, 5.41) is 12.1. The normalized spacial score (nSPS) is 24.4. The number of rotatable bonds is 2. The zero-order valence-electron chi connectivity index (χ0n) is 13.3. The Kier molecular flexibility index (Phi) is 4.84. The van der Waals surface area contributed by atoms with E-state index in [1.165, 1.54) is 11.1 Å². The number of aryl methyl sites for hydroxylation is 1. The van der Waals surface area contributed by atoms with Crippen LogP contribution in [0.3, 0.4) is 0 Å². The summed E-state index contributed by atoms with van der Waals surface area (Å²) in [5.41, 5.74) is 2.57. The zero-order chi connectivity index (χ0) is 16.2. The summed E-state index contributed by atoms with van der Waals surface area (Å²) in [6.07, 6.45) is 4.83. The Morgan fingerprint density at radius 3 is 2.48 bits per heavy atom. The molecule has 0 bridgehead atoms. The van der Waals surface area contributed by atoms with E-state index in [-0.39, 0.29) is 18.0 Å². The van der Waals surface area contributed by atoms with E-state index in [9.17, 15) is 9.59 Å². The van der Waals surface area contributed by atoms with Crippen molar-refractivity contribution < 1.29 is 14.7 Å². The lowest BCUT2D eigenvalue weighted by atomic mass is 9.86. The van der Waals surface area contributed by atoms with Crippen LogP contribution in [0.2, 0.25) is 0 Å². The van der Waals surface area contributed by atoms with Crippen molar-refractivity contribution >= 4 is 12.0 Å². The lowest BCUT2D eigenvalue weighted by Gasteiger charge is -2.30. The van der Waals surface area contributed by atoms with Gasteiger partial charge in [0, 0.05) is 19.1 Å². The molecule has 5 heteroatoms. The predicted molar refractivity (Wildman–Crippen MR) is 87.1 cm³/mol. The second kappa shape index (κ2) is 7.02. The lowest BCUT2D eigenvalue weighted by molar-refractivity contribution is -0.142. The maximum atomic E-state index is 12.5.